The van der Waals surface area contributed by atoms with Crippen molar-refractivity contribution in [3.8, 4) is 5.75 Å². The summed E-state index contributed by atoms with van der Waals surface area (Å²) in [5.74, 6) is -0.503. The zero-order chi connectivity index (χ0) is 19.4. The molecular weight excluding hydrogens is 351 g/mol. The molecule has 0 bridgehead atoms. The number of carbonyl (C=O) groups excluding carboxylic acids is 1. The number of amides is 1. The van der Waals surface area contributed by atoms with E-state index in [0.29, 0.717) is 17.9 Å². The number of nitrogens with one attached hydrogen (secondary N) is 1. The van der Waals surface area contributed by atoms with Gasteiger partial charge < -0.3 is 15.2 Å². The number of halogens is 1. The molecule has 3 rings (SSSR count). The number of carboxylic acid groups (broad SMARTS) is 1. The van der Waals surface area contributed by atoms with Crippen molar-refractivity contribution in [3.63, 3.8) is 0 Å². The lowest BCUT2D eigenvalue weighted by Crippen LogP contribution is -2.55. The lowest BCUT2D eigenvalue weighted by molar-refractivity contribution is -0.140. The molecule has 0 unspecified atom stereocenters. The summed E-state index contributed by atoms with van der Waals surface area (Å²) in [7, 11) is 1.42. The van der Waals surface area contributed by atoms with Crippen LogP contribution in [0.15, 0.2) is 18.2 Å². The summed E-state index contributed by atoms with van der Waals surface area (Å²) in [6.07, 6.45) is 4.45. The van der Waals surface area contributed by atoms with E-state index in [1.165, 1.54) is 20.0 Å². The number of benzene rings is 1. The van der Waals surface area contributed by atoms with Crippen LogP contribution >= 0.6 is 0 Å². The Morgan fingerprint density at radius 2 is 2.07 bits per heavy atom. The molecule has 0 atom stereocenters. The van der Waals surface area contributed by atoms with Gasteiger partial charge in [0, 0.05) is 25.0 Å². The largest absolute Gasteiger partial charge is 0.494 e. The molecule has 2 N–H and O–H groups in total. The first-order chi connectivity index (χ1) is 13.0. The van der Waals surface area contributed by atoms with Crippen LogP contribution in [0, 0.1) is 11.7 Å². The number of hydrogen-bond acceptors (Lipinski definition) is 4. The van der Waals surface area contributed by atoms with Crippen LogP contribution < -0.4 is 10.1 Å². The van der Waals surface area contributed by atoms with Crippen LogP contribution in [-0.4, -0.2) is 54.2 Å². The summed E-state index contributed by atoms with van der Waals surface area (Å²) in [5, 5.41) is 12.1. The number of hydrogen-bond donors (Lipinski definition) is 2. The first-order valence-corrected chi connectivity index (χ1v) is 9.52. The SMILES string of the molecule is COc1cccc(CCC(=O)NC2CC(N(CC(=O)O)CC3CC3)C2)c1F. The second-order valence-corrected chi connectivity index (χ2v) is 7.59. The van der Waals surface area contributed by atoms with E-state index in [0.717, 1.165) is 19.4 Å². The highest BCUT2D eigenvalue weighted by atomic mass is 19.1. The standard InChI is InChI=1S/C20H27FN2O4/c1-27-17-4-2-3-14(20(17)21)7-8-18(24)22-15-9-16(10-15)23(12-19(25)26)11-13-5-6-13/h2-4,13,15-16H,5-12H2,1H3,(H,22,24)(H,25,26). The summed E-state index contributed by atoms with van der Waals surface area (Å²) in [5.41, 5.74) is 0.466. The third kappa shape index (κ3) is 5.42. The monoisotopic (exact) mass is 378 g/mol. The predicted octanol–water partition coefficient (Wildman–Crippen LogP) is 2.21. The molecule has 1 aromatic carbocycles. The van der Waals surface area contributed by atoms with Gasteiger partial charge in [0.05, 0.1) is 13.7 Å². The number of nitrogens with zero attached hydrogens (tertiary/aromatic N) is 1. The number of methoxy groups -OCH3 is 1. The third-order valence-electron chi connectivity index (χ3n) is 5.41. The van der Waals surface area contributed by atoms with Gasteiger partial charge in [-0.05, 0) is 49.7 Å². The van der Waals surface area contributed by atoms with E-state index in [2.05, 4.69) is 5.32 Å². The van der Waals surface area contributed by atoms with Crippen molar-refractivity contribution in [2.75, 3.05) is 20.2 Å². The molecule has 1 amide bonds. The smallest absolute Gasteiger partial charge is 0.317 e. The molecule has 0 aromatic heterocycles. The fourth-order valence-electron chi connectivity index (χ4n) is 3.61. The van der Waals surface area contributed by atoms with Crippen LogP contribution in [0.1, 0.15) is 37.7 Å². The van der Waals surface area contributed by atoms with E-state index in [9.17, 15) is 14.0 Å². The lowest BCUT2D eigenvalue weighted by atomic mass is 9.85. The first-order valence-electron chi connectivity index (χ1n) is 9.52. The molecule has 2 fully saturated rings. The quantitative estimate of drug-likeness (QED) is 0.653. The molecule has 0 saturated heterocycles. The Morgan fingerprint density at radius 1 is 1.33 bits per heavy atom. The van der Waals surface area contributed by atoms with E-state index in [1.54, 1.807) is 18.2 Å². The van der Waals surface area contributed by atoms with Gasteiger partial charge in [0.1, 0.15) is 0 Å². The molecule has 7 heteroatoms. The molecule has 1 aromatic rings. The topological polar surface area (TPSA) is 78.9 Å². The molecule has 0 heterocycles. The molecule has 2 aliphatic rings. The van der Waals surface area contributed by atoms with Crippen molar-refractivity contribution in [2.24, 2.45) is 5.92 Å². The summed E-state index contributed by atoms with van der Waals surface area (Å²) >= 11 is 0. The molecule has 0 radical (unpaired) electrons. The van der Waals surface area contributed by atoms with Crippen molar-refractivity contribution in [1.29, 1.82) is 0 Å². The third-order valence-corrected chi connectivity index (χ3v) is 5.41. The maximum atomic E-state index is 14.1. The van der Waals surface area contributed by atoms with Gasteiger partial charge in [-0.2, -0.15) is 0 Å². The highest BCUT2D eigenvalue weighted by molar-refractivity contribution is 5.76. The van der Waals surface area contributed by atoms with Crippen LogP contribution in [-0.2, 0) is 16.0 Å². The predicted molar refractivity (Wildman–Crippen MR) is 98.2 cm³/mol. The number of aliphatic carboxylic acids is 1. The Hall–Kier alpha value is -2.15. The Bertz CT molecular complexity index is 687. The van der Waals surface area contributed by atoms with E-state index in [4.69, 9.17) is 9.84 Å². The van der Waals surface area contributed by atoms with Crippen LogP contribution in [0.5, 0.6) is 5.75 Å². The van der Waals surface area contributed by atoms with Gasteiger partial charge >= 0.3 is 5.97 Å². The Balaban J connectivity index is 1.41. The van der Waals surface area contributed by atoms with Crippen LogP contribution in [0.3, 0.4) is 0 Å². The lowest BCUT2D eigenvalue weighted by Gasteiger charge is -2.42. The van der Waals surface area contributed by atoms with Crippen LogP contribution in [0.4, 0.5) is 4.39 Å². The van der Waals surface area contributed by atoms with Gasteiger partial charge in [-0.3, -0.25) is 14.5 Å². The van der Waals surface area contributed by atoms with Gasteiger partial charge in [0.25, 0.3) is 0 Å². The van der Waals surface area contributed by atoms with Crippen LogP contribution in [0.2, 0.25) is 0 Å². The van der Waals surface area contributed by atoms with Gasteiger partial charge in [-0.25, -0.2) is 4.39 Å². The summed E-state index contributed by atoms with van der Waals surface area (Å²) < 4.78 is 19.1. The highest BCUT2D eigenvalue weighted by Crippen LogP contribution is 2.33. The van der Waals surface area contributed by atoms with Gasteiger partial charge in [0.15, 0.2) is 11.6 Å². The number of carboxylic acids is 1. The number of ether oxygens (including phenoxy) is 1. The second-order valence-electron chi connectivity index (χ2n) is 7.59. The Kier molecular flexibility index (Phi) is 6.31. The average molecular weight is 378 g/mol. The molecular formula is C20H27FN2O4. The fourth-order valence-corrected chi connectivity index (χ4v) is 3.61. The summed E-state index contributed by atoms with van der Waals surface area (Å²) in [6, 6.07) is 5.23. The number of rotatable bonds is 10. The van der Waals surface area contributed by atoms with Gasteiger partial charge in [-0.1, -0.05) is 12.1 Å². The highest BCUT2D eigenvalue weighted by Gasteiger charge is 2.37. The Morgan fingerprint density at radius 3 is 2.70 bits per heavy atom. The van der Waals surface area contributed by atoms with Gasteiger partial charge in [0.2, 0.25) is 5.91 Å². The van der Waals surface area contributed by atoms with Crippen molar-refractivity contribution >= 4 is 11.9 Å². The molecule has 27 heavy (non-hydrogen) atoms. The summed E-state index contributed by atoms with van der Waals surface area (Å²) in [6.45, 7) is 0.906. The maximum absolute atomic E-state index is 14.1. The molecule has 6 nitrogen and oxygen atoms in total. The van der Waals surface area contributed by atoms with E-state index < -0.39 is 11.8 Å². The second kappa shape index (κ2) is 8.69. The minimum atomic E-state index is -0.802. The van der Waals surface area contributed by atoms with Crippen molar-refractivity contribution < 1.29 is 23.8 Å². The fraction of sp³-hybridized carbons (Fsp3) is 0.600. The average Bonchev–Trinajstić information content (AvgIpc) is 3.40. The molecule has 2 aliphatic carbocycles. The number of aryl methyl sites for hydroxylation is 1. The van der Waals surface area contributed by atoms with E-state index >= 15 is 0 Å². The van der Waals surface area contributed by atoms with Gasteiger partial charge in [-0.15, -0.1) is 0 Å². The maximum Gasteiger partial charge on any atom is 0.317 e. The molecule has 0 aliphatic heterocycles. The molecule has 2 saturated carbocycles. The number of carbonyl (C=O) groups is 2. The van der Waals surface area contributed by atoms with Crippen molar-refractivity contribution in [3.05, 3.63) is 29.6 Å². The Labute approximate surface area is 158 Å². The normalized spacial score (nSPS) is 21.6. The zero-order valence-electron chi connectivity index (χ0n) is 15.6. The minimum absolute atomic E-state index is 0.0664. The van der Waals surface area contributed by atoms with E-state index in [1.807, 2.05) is 4.90 Å². The first kappa shape index (κ1) is 19.6. The van der Waals surface area contributed by atoms with Crippen molar-refractivity contribution in [2.45, 2.75) is 50.6 Å². The van der Waals surface area contributed by atoms with Crippen LogP contribution in [0.25, 0.3) is 0 Å². The summed E-state index contributed by atoms with van der Waals surface area (Å²) in [4.78, 5) is 25.2. The zero-order valence-corrected chi connectivity index (χ0v) is 15.6. The van der Waals surface area contributed by atoms with E-state index in [-0.39, 0.29) is 36.7 Å². The van der Waals surface area contributed by atoms with Crippen molar-refractivity contribution in [1.82, 2.24) is 10.2 Å². The minimum Gasteiger partial charge on any atom is -0.494 e. The molecule has 148 valence electrons. The molecule has 0 spiro atoms.